The second-order valence-electron chi connectivity index (χ2n) is 2.61. The van der Waals surface area contributed by atoms with Gasteiger partial charge in [-0.3, -0.25) is 0 Å². The Labute approximate surface area is 77.4 Å². The van der Waals surface area contributed by atoms with Gasteiger partial charge < -0.3 is 4.90 Å². The molecular formula is C8H12ClN3. The molecule has 0 N–H and O–H groups in total. The van der Waals surface area contributed by atoms with Gasteiger partial charge in [-0.2, -0.15) is 0 Å². The van der Waals surface area contributed by atoms with E-state index in [1.807, 2.05) is 18.9 Å². The average molecular weight is 186 g/mol. The third kappa shape index (κ3) is 2.08. The summed E-state index contributed by atoms with van der Waals surface area (Å²) >= 11 is 5.77. The first-order valence-electron chi connectivity index (χ1n) is 3.85. The molecule has 3 nitrogen and oxygen atoms in total. The van der Waals surface area contributed by atoms with Gasteiger partial charge in [-0.05, 0) is 13.8 Å². The van der Waals surface area contributed by atoms with Crippen LogP contribution in [-0.4, -0.2) is 23.6 Å². The molecule has 12 heavy (non-hydrogen) atoms. The summed E-state index contributed by atoms with van der Waals surface area (Å²) in [5.41, 5.74) is 0. The maximum Gasteiger partial charge on any atom is 0.134 e. The Balaban J connectivity index is 3.00. The van der Waals surface area contributed by atoms with Crippen LogP contribution < -0.4 is 4.90 Å². The monoisotopic (exact) mass is 185 g/mol. The number of nitrogens with zero attached hydrogens (tertiary/aromatic N) is 3. The van der Waals surface area contributed by atoms with Crippen molar-refractivity contribution < 1.29 is 0 Å². The highest BCUT2D eigenvalue weighted by molar-refractivity contribution is 6.29. The van der Waals surface area contributed by atoms with E-state index < -0.39 is 0 Å². The molecule has 0 radical (unpaired) electrons. The van der Waals surface area contributed by atoms with Crippen molar-refractivity contribution in [3.05, 3.63) is 17.0 Å². The van der Waals surface area contributed by atoms with E-state index in [4.69, 9.17) is 11.6 Å². The van der Waals surface area contributed by atoms with Crippen LogP contribution in [0.15, 0.2) is 6.07 Å². The number of hydrogen-bond acceptors (Lipinski definition) is 3. The highest BCUT2D eigenvalue weighted by Gasteiger charge is 2.02. The Morgan fingerprint density at radius 1 is 1.50 bits per heavy atom. The molecular weight excluding hydrogens is 174 g/mol. The van der Waals surface area contributed by atoms with Gasteiger partial charge in [-0.1, -0.05) is 11.6 Å². The zero-order valence-corrected chi connectivity index (χ0v) is 8.26. The maximum atomic E-state index is 5.77. The van der Waals surface area contributed by atoms with Crippen LogP contribution in [0.25, 0.3) is 0 Å². The van der Waals surface area contributed by atoms with Gasteiger partial charge in [-0.25, -0.2) is 9.97 Å². The van der Waals surface area contributed by atoms with Gasteiger partial charge in [0.15, 0.2) is 0 Å². The van der Waals surface area contributed by atoms with Crippen molar-refractivity contribution in [1.82, 2.24) is 9.97 Å². The minimum Gasteiger partial charge on any atom is -0.360 e. The summed E-state index contributed by atoms with van der Waals surface area (Å²) in [6, 6.07) is 1.76. The Bertz CT molecular complexity index is 255. The molecule has 0 aliphatic rings. The van der Waals surface area contributed by atoms with Crippen LogP contribution in [-0.2, 0) is 0 Å². The quantitative estimate of drug-likeness (QED) is 0.659. The molecule has 0 saturated heterocycles. The molecule has 0 aliphatic carbocycles. The lowest BCUT2D eigenvalue weighted by atomic mass is 10.5. The Morgan fingerprint density at radius 3 is 2.67 bits per heavy atom. The van der Waals surface area contributed by atoms with E-state index in [-0.39, 0.29) is 0 Å². The van der Waals surface area contributed by atoms with E-state index in [9.17, 15) is 0 Å². The molecule has 0 spiro atoms. The van der Waals surface area contributed by atoms with Gasteiger partial charge in [0.1, 0.15) is 16.8 Å². The van der Waals surface area contributed by atoms with Crippen molar-refractivity contribution in [3.8, 4) is 0 Å². The first-order valence-corrected chi connectivity index (χ1v) is 4.23. The highest BCUT2D eigenvalue weighted by atomic mass is 35.5. The van der Waals surface area contributed by atoms with Crippen LogP contribution >= 0.6 is 11.6 Å². The number of hydrogen-bond donors (Lipinski definition) is 0. The molecule has 1 aromatic rings. The Morgan fingerprint density at radius 2 is 2.17 bits per heavy atom. The minimum absolute atomic E-state index is 0.498. The fraction of sp³-hybridized carbons (Fsp3) is 0.500. The largest absolute Gasteiger partial charge is 0.360 e. The molecule has 66 valence electrons. The van der Waals surface area contributed by atoms with E-state index in [0.717, 1.165) is 12.4 Å². The number of rotatable bonds is 2. The van der Waals surface area contributed by atoms with Crippen LogP contribution in [0.5, 0.6) is 0 Å². The molecule has 1 rings (SSSR count). The van der Waals surface area contributed by atoms with Gasteiger partial charge in [-0.15, -0.1) is 0 Å². The summed E-state index contributed by atoms with van der Waals surface area (Å²) in [4.78, 5) is 10.2. The van der Waals surface area contributed by atoms with E-state index in [2.05, 4.69) is 16.9 Å². The van der Waals surface area contributed by atoms with Gasteiger partial charge >= 0.3 is 0 Å². The molecule has 0 aromatic carbocycles. The number of halogens is 1. The zero-order valence-electron chi connectivity index (χ0n) is 7.50. The SMILES string of the molecule is CCN(C)c1cc(Cl)nc(C)n1. The first-order chi connectivity index (χ1) is 5.63. The van der Waals surface area contributed by atoms with Gasteiger partial charge in [0, 0.05) is 19.7 Å². The summed E-state index contributed by atoms with van der Waals surface area (Å²) in [5, 5.41) is 0.498. The molecule has 0 fully saturated rings. The molecule has 1 heterocycles. The molecule has 0 saturated carbocycles. The smallest absolute Gasteiger partial charge is 0.134 e. The summed E-state index contributed by atoms with van der Waals surface area (Å²) < 4.78 is 0. The minimum atomic E-state index is 0.498. The average Bonchev–Trinajstić information content (AvgIpc) is 2.01. The van der Waals surface area contributed by atoms with Crippen molar-refractivity contribution in [2.75, 3.05) is 18.5 Å². The van der Waals surface area contributed by atoms with Crippen molar-refractivity contribution in [2.24, 2.45) is 0 Å². The van der Waals surface area contributed by atoms with E-state index in [1.165, 1.54) is 0 Å². The Hall–Kier alpha value is -0.830. The molecule has 0 aliphatic heterocycles. The number of aromatic nitrogens is 2. The second kappa shape index (κ2) is 3.72. The lowest BCUT2D eigenvalue weighted by Crippen LogP contribution is -2.17. The lowest BCUT2D eigenvalue weighted by Gasteiger charge is -2.15. The third-order valence-electron chi connectivity index (χ3n) is 1.66. The van der Waals surface area contributed by atoms with E-state index >= 15 is 0 Å². The Kier molecular flexibility index (Phi) is 2.87. The molecule has 1 aromatic heterocycles. The van der Waals surface area contributed by atoms with E-state index in [1.54, 1.807) is 6.07 Å². The normalized spacial score (nSPS) is 10.0. The van der Waals surface area contributed by atoms with Crippen LogP contribution in [0.2, 0.25) is 5.15 Å². The fourth-order valence-corrected chi connectivity index (χ4v) is 1.09. The van der Waals surface area contributed by atoms with Crippen LogP contribution in [0, 0.1) is 6.92 Å². The fourth-order valence-electron chi connectivity index (χ4n) is 0.874. The second-order valence-corrected chi connectivity index (χ2v) is 3.00. The molecule has 0 unspecified atom stereocenters. The summed E-state index contributed by atoms with van der Waals surface area (Å²) in [7, 11) is 1.97. The zero-order chi connectivity index (χ0) is 9.14. The van der Waals surface area contributed by atoms with Crippen LogP contribution in [0.4, 0.5) is 5.82 Å². The van der Waals surface area contributed by atoms with E-state index in [0.29, 0.717) is 11.0 Å². The predicted octanol–water partition coefficient (Wildman–Crippen LogP) is 1.89. The first kappa shape index (κ1) is 9.26. The van der Waals surface area contributed by atoms with Crippen molar-refractivity contribution >= 4 is 17.4 Å². The van der Waals surface area contributed by atoms with Crippen LogP contribution in [0.3, 0.4) is 0 Å². The third-order valence-corrected chi connectivity index (χ3v) is 1.85. The highest BCUT2D eigenvalue weighted by Crippen LogP contribution is 2.13. The molecule has 0 atom stereocenters. The lowest BCUT2D eigenvalue weighted by molar-refractivity contribution is 0.912. The van der Waals surface area contributed by atoms with Gasteiger partial charge in [0.25, 0.3) is 0 Å². The topological polar surface area (TPSA) is 29.0 Å². The van der Waals surface area contributed by atoms with Crippen LogP contribution in [0.1, 0.15) is 12.7 Å². The maximum absolute atomic E-state index is 5.77. The molecule has 0 amide bonds. The van der Waals surface area contributed by atoms with Gasteiger partial charge in [0.2, 0.25) is 0 Å². The standard InChI is InChI=1S/C8H12ClN3/c1-4-12(3)8-5-7(9)10-6(2)11-8/h5H,4H2,1-3H3. The summed E-state index contributed by atoms with van der Waals surface area (Å²) in [6.07, 6.45) is 0. The summed E-state index contributed by atoms with van der Waals surface area (Å²) in [5.74, 6) is 1.58. The molecule has 4 heteroatoms. The van der Waals surface area contributed by atoms with Crippen molar-refractivity contribution in [2.45, 2.75) is 13.8 Å². The number of anilines is 1. The predicted molar refractivity (Wildman–Crippen MR) is 50.7 cm³/mol. The summed E-state index contributed by atoms with van der Waals surface area (Å²) in [6.45, 7) is 4.80. The van der Waals surface area contributed by atoms with Crippen molar-refractivity contribution in [1.29, 1.82) is 0 Å². The van der Waals surface area contributed by atoms with Crippen molar-refractivity contribution in [3.63, 3.8) is 0 Å². The van der Waals surface area contributed by atoms with Gasteiger partial charge in [0.05, 0.1) is 0 Å². The molecule has 0 bridgehead atoms. The number of aryl methyl sites for hydroxylation is 1.